The van der Waals surface area contributed by atoms with Gasteiger partial charge in [-0.15, -0.1) is 0 Å². The number of carbonyl (C=O) groups excluding carboxylic acids is 3. The van der Waals surface area contributed by atoms with Gasteiger partial charge in [-0.25, -0.2) is 4.79 Å². The molecule has 3 aliphatic carbocycles. The molecule has 2 fully saturated rings. The number of ether oxygens (including phenoxy) is 2. The Bertz CT molecular complexity index is 1470. The van der Waals surface area contributed by atoms with Crippen LogP contribution in [0, 0.1) is 22.0 Å². The number of amides is 2. The number of hydrogen-bond donors (Lipinski definition) is 0. The van der Waals surface area contributed by atoms with Crippen molar-refractivity contribution < 1.29 is 28.8 Å². The molecule has 1 saturated carbocycles. The zero-order valence-electron chi connectivity index (χ0n) is 20.1. The SMILES string of the molecule is O=C(COc1ccccc1[N+](=O)[O-])OCCN1C(=O)[C@@H]2[C@H](C1=O)[C@@H]1c3ccccc3C13c1ccccc1[C@H]23. The van der Waals surface area contributed by atoms with Crippen LogP contribution in [0.1, 0.15) is 34.1 Å². The standard InChI is InChI=1S/C29H22N2O7/c32-22(15-38-21-12-6-5-11-20(21)31(35)36)37-14-13-30-27(33)23-24(28(30)34)26-17-8-2-4-10-19(17)29(26)18-9-3-1-7-16(18)25(23)29/h1-12,23-26H,13-15H2/t23-,24+,25-,26+,29?. The lowest BCUT2D eigenvalue weighted by molar-refractivity contribution is -0.385. The molecule has 0 radical (unpaired) electrons. The Balaban J connectivity index is 1.05. The first-order valence-corrected chi connectivity index (χ1v) is 12.5. The lowest BCUT2D eigenvalue weighted by Gasteiger charge is -2.59. The highest BCUT2D eigenvalue weighted by atomic mass is 16.6. The highest BCUT2D eigenvalue weighted by molar-refractivity contribution is 6.08. The number of nitrogens with zero attached hydrogens (tertiary/aromatic N) is 2. The number of hydrogen-bond acceptors (Lipinski definition) is 7. The van der Waals surface area contributed by atoms with Gasteiger partial charge < -0.3 is 9.47 Å². The Morgan fingerprint density at radius 1 is 0.868 bits per heavy atom. The second-order valence-electron chi connectivity index (χ2n) is 10.1. The highest BCUT2D eigenvalue weighted by Gasteiger charge is 2.78. The van der Waals surface area contributed by atoms with Crippen molar-refractivity contribution in [3.05, 3.63) is 105 Å². The Morgan fingerprint density at radius 2 is 1.42 bits per heavy atom. The average molecular weight is 511 g/mol. The quantitative estimate of drug-likeness (QED) is 0.207. The summed E-state index contributed by atoms with van der Waals surface area (Å²) in [6, 6.07) is 22.1. The molecule has 1 unspecified atom stereocenters. The van der Waals surface area contributed by atoms with E-state index in [4.69, 9.17) is 9.47 Å². The molecule has 5 atom stereocenters. The summed E-state index contributed by atoms with van der Waals surface area (Å²) in [4.78, 5) is 51.2. The predicted octanol–water partition coefficient (Wildman–Crippen LogP) is 3.31. The van der Waals surface area contributed by atoms with Crippen molar-refractivity contribution in [3.63, 3.8) is 0 Å². The molecule has 0 aromatic heterocycles. The third-order valence-corrected chi connectivity index (χ3v) is 8.66. The summed E-state index contributed by atoms with van der Waals surface area (Å²) < 4.78 is 10.5. The van der Waals surface area contributed by atoms with E-state index in [1.165, 1.54) is 34.2 Å². The summed E-state index contributed by atoms with van der Waals surface area (Å²) >= 11 is 0. The molecule has 1 spiro atoms. The number of carbonyl (C=O) groups is 3. The van der Waals surface area contributed by atoms with Gasteiger partial charge in [0.15, 0.2) is 12.4 Å². The molecular weight excluding hydrogens is 488 g/mol. The number of para-hydroxylation sites is 2. The Kier molecular flexibility index (Phi) is 4.76. The first-order chi connectivity index (χ1) is 18.5. The van der Waals surface area contributed by atoms with Gasteiger partial charge in [-0.1, -0.05) is 60.7 Å². The monoisotopic (exact) mass is 510 g/mol. The lowest BCUT2D eigenvalue weighted by Crippen LogP contribution is -2.55. The third-order valence-electron chi connectivity index (χ3n) is 8.66. The van der Waals surface area contributed by atoms with Gasteiger partial charge in [0, 0.05) is 23.3 Å². The van der Waals surface area contributed by atoms with E-state index in [1.54, 1.807) is 6.07 Å². The van der Waals surface area contributed by atoms with Crippen molar-refractivity contribution in [2.45, 2.75) is 17.3 Å². The summed E-state index contributed by atoms with van der Waals surface area (Å²) in [7, 11) is 0. The Labute approximate surface area is 217 Å². The maximum absolute atomic E-state index is 13.6. The molecule has 0 N–H and O–H groups in total. The second kappa shape index (κ2) is 7.98. The first-order valence-electron chi connectivity index (χ1n) is 12.5. The van der Waals surface area contributed by atoms with Gasteiger partial charge in [-0.3, -0.25) is 24.6 Å². The number of rotatable bonds is 7. The van der Waals surface area contributed by atoms with E-state index in [9.17, 15) is 24.5 Å². The van der Waals surface area contributed by atoms with Gasteiger partial charge in [-0.05, 0) is 28.3 Å². The summed E-state index contributed by atoms with van der Waals surface area (Å²) in [6.07, 6.45) is 0. The molecule has 1 aliphatic heterocycles. The average Bonchev–Trinajstić information content (AvgIpc) is 3.27. The van der Waals surface area contributed by atoms with Crippen LogP contribution in [0.3, 0.4) is 0 Å². The Morgan fingerprint density at radius 3 is 2.03 bits per heavy atom. The van der Waals surface area contributed by atoms with Crippen LogP contribution in [0.2, 0.25) is 0 Å². The fraction of sp³-hybridized carbons (Fsp3) is 0.276. The van der Waals surface area contributed by atoms with Gasteiger partial charge in [-0.2, -0.15) is 0 Å². The van der Waals surface area contributed by atoms with Crippen molar-refractivity contribution in [3.8, 4) is 5.75 Å². The van der Waals surface area contributed by atoms with Crippen LogP contribution in [0.5, 0.6) is 5.75 Å². The molecule has 1 saturated heterocycles. The largest absolute Gasteiger partial charge is 0.475 e. The maximum atomic E-state index is 13.6. The van der Waals surface area contributed by atoms with E-state index in [0.717, 1.165) is 11.1 Å². The van der Waals surface area contributed by atoms with Crippen LogP contribution in [-0.4, -0.2) is 47.4 Å². The zero-order chi connectivity index (χ0) is 26.2. The van der Waals surface area contributed by atoms with Crippen molar-refractivity contribution in [2.24, 2.45) is 11.8 Å². The number of fused-ring (bicyclic) bond motifs is 7. The maximum Gasteiger partial charge on any atom is 0.344 e. The summed E-state index contributed by atoms with van der Waals surface area (Å²) in [5, 5.41) is 11.1. The first kappa shape index (κ1) is 22.7. The van der Waals surface area contributed by atoms with E-state index in [2.05, 4.69) is 24.3 Å². The fourth-order valence-electron chi connectivity index (χ4n) is 7.44. The molecule has 190 valence electrons. The fourth-order valence-corrected chi connectivity index (χ4v) is 7.44. The molecule has 38 heavy (non-hydrogen) atoms. The van der Waals surface area contributed by atoms with Crippen LogP contribution in [0.4, 0.5) is 5.69 Å². The van der Waals surface area contributed by atoms with E-state index in [-0.39, 0.29) is 53.7 Å². The van der Waals surface area contributed by atoms with Crippen LogP contribution < -0.4 is 4.74 Å². The molecule has 7 rings (SSSR count). The van der Waals surface area contributed by atoms with Crippen molar-refractivity contribution in [1.82, 2.24) is 4.90 Å². The minimum Gasteiger partial charge on any atom is -0.475 e. The second-order valence-corrected chi connectivity index (χ2v) is 10.1. The molecule has 3 aromatic rings. The molecule has 4 aliphatic rings. The molecule has 0 bridgehead atoms. The number of nitro benzene ring substituents is 1. The van der Waals surface area contributed by atoms with Crippen LogP contribution >= 0.6 is 0 Å². The summed E-state index contributed by atoms with van der Waals surface area (Å²) in [5.41, 5.74) is 4.20. The molecule has 3 aromatic carbocycles. The smallest absolute Gasteiger partial charge is 0.344 e. The van der Waals surface area contributed by atoms with Crippen LogP contribution in [0.15, 0.2) is 72.8 Å². The zero-order valence-corrected chi connectivity index (χ0v) is 20.1. The van der Waals surface area contributed by atoms with Crippen molar-refractivity contribution in [1.29, 1.82) is 0 Å². The van der Waals surface area contributed by atoms with E-state index >= 15 is 0 Å². The van der Waals surface area contributed by atoms with Gasteiger partial charge in [0.2, 0.25) is 11.8 Å². The van der Waals surface area contributed by atoms with Gasteiger partial charge in [0.25, 0.3) is 0 Å². The molecule has 1 heterocycles. The van der Waals surface area contributed by atoms with Gasteiger partial charge in [0.1, 0.15) is 6.61 Å². The normalized spacial score (nSPS) is 27.2. The summed E-state index contributed by atoms with van der Waals surface area (Å²) in [5.74, 6) is -2.18. The predicted molar refractivity (Wildman–Crippen MR) is 132 cm³/mol. The highest BCUT2D eigenvalue weighted by Crippen LogP contribution is 2.80. The van der Waals surface area contributed by atoms with Crippen molar-refractivity contribution >= 4 is 23.5 Å². The van der Waals surface area contributed by atoms with Crippen LogP contribution in [-0.2, 0) is 24.5 Å². The molecule has 2 amide bonds. The van der Waals surface area contributed by atoms with Crippen LogP contribution in [0.25, 0.3) is 0 Å². The molecule has 9 heteroatoms. The number of esters is 1. The lowest BCUT2D eigenvalue weighted by atomic mass is 9.43. The topological polar surface area (TPSA) is 116 Å². The van der Waals surface area contributed by atoms with E-state index in [1.807, 2.05) is 24.3 Å². The van der Waals surface area contributed by atoms with E-state index < -0.39 is 29.3 Å². The summed E-state index contributed by atoms with van der Waals surface area (Å²) in [6.45, 7) is -0.750. The Hall–Kier alpha value is -4.53. The van der Waals surface area contributed by atoms with Gasteiger partial charge in [0.05, 0.1) is 23.3 Å². The minimum absolute atomic E-state index is 0.0392. The molecule has 9 nitrogen and oxygen atoms in total. The van der Waals surface area contributed by atoms with Crippen molar-refractivity contribution in [2.75, 3.05) is 19.8 Å². The van der Waals surface area contributed by atoms with E-state index in [0.29, 0.717) is 0 Å². The van der Waals surface area contributed by atoms with Gasteiger partial charge >= 0.3 is 11.7 Å². The number of likely N-dealkylation sites (tertiary alicyclic amines) is 1. The number of nitro groups is 1. The number of imide groups is 1. The number of benzene rings is 3. The minimum atomic E-state index is -0.748. The molecular formula is C29H22N2O7. The third kappa shape index (κ3) is 2.73.